The number of carbonyl (C=O) groups is 2. The van der Waals surface area contributed by atoms with Crippen LogP contribution in [0.1, 0.15) is 78.9 Å². The number of hydrogen-bond donors (Lipinski definition) is 5. The highest BCUT2D eigenvalue weighted by Gasteiger charge is 2.34. The van der Waals surface area contributed by atoms with Crippen molar-refractivity contribution in [1.29, 1.82) is 0 Å². The van der Waals surface area contributed by atoms with Gasteiger partial charge in [0.2, 0.25) is 11.8 Å². The summed E-state index contributed by atoms with van der Waals surface area (Å²) < 4.78 is 13.3. The van der Waals surface area contributed by atoms with Crippen LogP contribution in [0.4, 0.5) is 11.4 Å². The van der Waals surface area contributed by atoms with Gasteiger partial charge in [0, 0.05) is 44.0 Å². The smallest absolute Gasteiger partial charge is 0.224 e. The number of nitrogen functional groups attached to an aromatic ring is 1. The summed E-state index contributed by atoms with van der Waals surface area (Å²) in [7, 11) is 2.01. The Labute approximate surface area is 329 Å². The molecular formula is C46H52N4O6. The first kappa shape index (κ1) is 40.3. The molecule has 1 saturated heterocycles. The minimum Gasteiger partial charge on any atom is -0.397 e. The lowest BCUT2D eigenvalue weighted by Crippen LogP contribution is -2.43. The summed E-state index contributed by atoms with van der Waals surface area (Å²) in [6.45, 7) is 2.93. The van der Waals surface area contributed by atoms with E-state index in [4.69, 9.17) is 15.2 Å². The van der Waals surface area contributed by atoms with Crippen LogP contribution in [0, 0.1) is 0 Å². The Hall–Kier alpha value is -5.36. The van der Waals surface area contributed by atoms with Gasteiger partial charge in [0.25, 0.3) is 0 Å². The first-order chi connectivity index (χ1) is 27.2. The number of nitrogens with one attached hydrogen (secondary N) is 2. The first-order valence-corrected chi connectivity index (χ1v) is 19.2. The van der Waals surface area contributed by atoms with Crippen molar-refractivity contribution in [2.24, 2.45) is 0 Å². The highest BCUT2D eigenvalue weighted by atomic mass is 16.7. The third-order valence-corrected chi connectivity index (χ3v) is 10.4. The number of rotatable bonds is 16. The fourth-order valence-corrected chi connectivity index (χ4v) is 6.94. The number of benzene rings is 5. The van der Waals surface area contributed by atoms with E-state index in [1.807, 2.05) is 105 Å². The minimum atomic E-state index is -0.654. The molecule has 292 valence electrons. The lowest BCUT2D eigenvalue weighted by molar-refractivity contribution is -0.253. The molecule has 10 heteroatoms. The van der Waals surface area contributed by atoms with Crippen LogP contribution in [0.3, 0.4) is 0 Å². The highest BCUT2D eigenvalue weighted by Crippen LogP contribution is 2.39. The van der Waals surface area contributed by atoms with Crippen LogP contribution in [0.25, 0.3) is 11.1 Å². The van der Waals surface area contributed by atoms with E-state index in [-0.39, 0.29) is 49.5 Å². The van der Waals surface area contributed by atoms with Gasteiger partial charge >= 0.3 is 0 Å². The molecule has 56 heavy (non-hydrogen) atoms. The van der Waals surface area contributed by atoms with Crippen LogP contribution in [0.15, 0.2) is 127 Å². The van der Waals surface area contributed by atoms with Gasteiger partial charge < -0.3 is 36.1 Å². The van der Waals surface area contributed by atoms with Crippen LogP contribution in [0.5, 0.6) is 0 Å². The van der Waals surface area contributed by atoms with Gasteiger partial charge in [-0.2, -0.15) is 0 Å². The number of nitrogens with two attached hydrogens (primary N) is 1. The standard InChI is InChI=1S/C46H52N4O6/c1-31(45(54)35-12-4-3-5-13-35)50(2)29-39-27-42(34-23-21-32(30-51)22-24-34)56-46(55-39)38-16-9-15-37(26-38)36-14-8-11-33(25-36)28-48-43(52)19-10-20-44(53)49-41-18-7-6-17-40(41)47/h3-9,11-18,21-26,31,39,42,45-46,51,54H,10,19-20,27-30,47H2,1-2H3,(H,48,52)(H,49,53). The second-order valence-electron chi connectivity index (χ2n) is 14.5. The summed E-state index contributed by atoms with van der Waals surface area (Å²) in [4.78, 5) is 27.1. The molecule has 0 aromatic heterocycles. The molecule has 0 saturated carbocycles. The maximum atomic E-state index is 12.7. The van der Waals surface area contributed by atoms with Crippen LogP contribution in [0.2, 0.25) is 0 Å². The van der Waals surface area contributed by atoms with Gasteiger partial charge in [-0.05, 0) is 78.0 Å². The number of hydrogen-bond acceptors (Lipinski definition) is 8. The summed E-state index contributed by atoms with van der Waals surface area (Å²) in [5, 5.41) is 26.6. The summed E-state index contributed by atoms with van der Waals surface area (Å²) in [6.07, 6.45) is -0.253. The van der Waals surface area contributed by atoms with E-state index in [9.17, 15) is 19.8 Å². The number of aliphatic hydroxyl groups excluding tert-OH is 2. The number of anilines is 2. The van der Waals surface area contributed by atoms with Gasteiger partial charge in [0.1, 0.15) is 0 Å². The summed E-state index contributed by atoms with van der Waals surface area (Å²) in [6, 6.07) is 40.6. The van der Waals surface area contributed by atoms with Gasteiger partial charge in [-0.1, -0.05) is 103 Å². The Balaban J connectivity index is 1.09. The number of aliphatic hydroxyl groups is 2. The minimum absolute atomic E-state index is 0.0286. The number of para-hydroxylation sites is 2. The topological polar surface area (TPSA) is 146 Å². The largest absolute Gasteiger partial charge is 0.397 e. The fourth-order valence-electron chi connectivity index (χ4n) is 6.94. The average Bonchev–Trinajstić information content (AvgIpc) is 3.23. The number of amides is 2. The SMILES string of the molecule is CC(C(O)c1ccccc1)N(C)CC1CC(c2ccc(CO)cc2)OC(c2cccc(-c3cccc(CNC(=O)CCCC(=O)Nc4ccccc4N)c3)c2)O1. The monoisotopic (exact) mass is 756 g/mol. The molecule has 0 radical (unpaired) electrons. The van der Waals surface area contributed by atoms with E-state index in [0.717, 1.165) is 38.9 Å². The van der Waals surface area contributed by atoms with Crippen molar-refractivity contribution in [2.45, 2.75) is 76.4 Å². The van der Waals surface area contributed by atoms with E-state index < -0.39 is 12.4 Å². The van der Waals surface area contributed by atoms with Gasteiger partial charge in [-0.3, -0.25) is 14.5 Å². The van der Waals surface area contributed by atoms with E-state index in [1.54, 1.807) is 24.3 Å². The predicted octanol–water partition coefficient (Wildman–Crippen LogP) is 7.45. The van der Waals surface area contributed by atoms with Crippen molar-refractivity contribution in [3.63, 3.8) is 0 Å². The summed E-state index contributed by atoms with van der Waals surface area (Å²) >= 11 is 0. The molecule has 5 aromatic rings. The van der Waals surface area contributed by atoms with Crippen LogP contribution >= 0.6 is 0 Å². The molecule has 1 aliphatic heterocycles. The second-order valence-corrected chi connectivity index (χ2v) is 14.5. The number of nitrogens with zero attached hydrogens (tertiary/aromatic N) is 1. The van der Waals surface area contributed by atoms with Crippen LogP contribution in [-0.4, -0.2) is 52.7 Å². The summed E-state index contributed by atoms with van der Waals surface area (Å²) in [5.41, 5.74) is 13.5. The highest BCUT2D eigenvalue weighted by molar-refractivity contribution is 5.94. The molecule has 5 unspecified atom stereocenters. The molecule has 2 amide bonds. The van der Waals surface area contributed by atoms with Crippen molar-refractivity contribution < 1.29 is 29.3 Å². The quantitative estimate of drug-likeness (QED) is 0.0653. The number of likely N-dealkylation sites (N-methyl/N-ethyl adjacent to an activating group) is 1. The van der Waals surface area contributed by atoms with Gasteiger partial charge in [-0.15, -0.1) is 0 Å². The van der Waals surface area contributed by atoms with Crippen molar-refractivity contribution in [3.8, 4) is 11.1 Å². The normalized spacial score (nSPS) is 17.9. The zero-order valence-corrected chi connectivity index (χ0v) is 32.0. The molecule has 5 atom stereocenters. The Kier molecular flexibility index (Phi) is 14.0. The molecule has 6 rings (SSSR count). The third-order valence-electron chi connectivity index (χ3n) is 10.4. The second kappa shape index (κ2) is 19.5. The Bertz CT molecular complexity index is 2040. The van der Waals surface area contributed by atoms with Crippen molar-refractivity contribution in [2.75, 3.05) is 24.6 Å². The summed E-state index contributed by atoms with van der Waals surface area (Å²) in [5.74, 6) is -0.307. The van der Waals surface area contributed by atoms with E-state index in [1.165, 1.54) is 0 Å². The predicted molar refractivity (Wildman–Crippen MR) is 219 cm³/mol. The van der Waals surface area contributed by atoms with Crippen molar-refractivity contribution in [3.05, 3.63) is 155 Å². The molecule has 1 fully saturated rings. The van der Waals surface area contributed by atoms with E-state index in [2.05, 4.69) is 27.7 Å². The first-order valence-electron chi connectivity index (χ1n) is 19.2. The molecule has 1 heterocycles. The molecular weight excluding hydrogens is 705 g/mol. The van der Waals surface area contributed by atoms with Crippen LogP contribution < -0.4 is 16.4 Å². The number of carbonyl (C=O) groups excluding carboxylic acids is 2. The molecule has 6 N–H and O–H groups in total. The third kappa shape index (κ3) is 10.9. The van der Waals surface area contributed by atoms with Crippen LogP contribution in [-0.2, 0) is 32.2 Å². The molecule has 10 nitrogen and oxygen atoms in total. The molecule has 0 aliphatic carbocycles. The Morgan fingerprint density at radius 1 is 0.804 bits per heavy atom. The Morgan fingerprint density at radius 3 is 2.25 bits per heavy atom. The molecule has 0 spiro atoms. The fraction of sp³-hybridized carbons (Fsp3) is 0.304. The lowest BCUT2D eigenvalue weighted by atomic mass is 9.97. The molecule has 5 aromatic carbocycles. The van der Waals surface area contributed by atoms with Gasteiger partial charge in [0.05, 0.1) is 36.3 Å². The van der Waals surface area contributed by atoms with Gasteiger partial charge in [0.15, 0.2) is 6.29 Å². The van der Waals surface area contributed by atoms with E-state index >= 15 is 0 Å². The lowest BCUT2D eigenvalue weighted by Gasteiger charge is -2.39. The zero-order valence-electron chi connectivity index (χ0n) is 32.0. The molecule has 0 bridgehead atoms. The van der Waals surface area contributed by atoms with E-state index in [0.29, 0.717) is 37.3 Å². The van der Waals surface area contributed by atoms with Crippen molar-refractivity contribution >= 4 is 23.2 Å². The maximum absolute atomic E-state index is 12.7. The Morgan fingerprint density at radius 2 is 1.50 bits per heavy atom. The average molecular weight is 757 g/mol. The van der Waals surface area contributed by atoms with Crippen molar-refractivity contribution in [1.82, 2.24) is 10.2 Å². The van der Waals surface area contributed by atoms with Gasteiger partial charge in [-0.25, -0.2) is 0 Å². The number of ether oxygens (including phenoxy) is 2. The zero-order chi connectivity index (χ0) is 39.4. The maximum Gasteiger partial charge on any atom is 0.224 e. The molecule has 1 aliphatic rings.